The van der Waals surface area contributed by atoms with Crippen molar-refractivity contribution in [2.45, 2.75) is 32.0 Å². The summed E-state index contributed by atoms with van der Waals surface area (Å²) >= 11 is 0. The fourth-order valence-electron chi connectivity index (χ4n) is 4.04. The summed E-state index contributed by atoms with van der Waals surface area (Å²) < 4.78 is 11.6. The minimum Gasteiger partial charge on any atom is -0.370 e. The lowest BCUT2D eigenvalue weighted by Crippen LogP contribution is -2.61. The number of benzene rings is 1. The molecule has 128 valence electrons. The maximum Gasteiger partial charge on any atom is 0.139 e. The standard InChI is InChI=1S/C19H25N3O2/c1-13-19(14(2)24-20-13)18-11-22(16-9-21(3)10-16)17(12-23-18)15-7-5-4-6-8-15/h4-8,16-18H,9-12H2,1-3H3. The predicted molar refractivity (Wildman–Crippen MR) is 91.8 cm³/mol. The van der Waals surface area contributed by atoms with Gasteiger partial charge >= 0.3 is 0 Å². The van der Waals surface area contributed by atoms with Crippen LogP contribution in [0.25, 0.3) is 0 Å². The molecule has 0 amide bonds. The van der Waals surface area contributed by atoms with Crippen molar-refractivity contribution >= 4 is 0 Å². The molecule has 3 heterocycles. The van der Waals surface area contributed by atoms with Gasteiger partial charge in [-0.05, 0) is 26.5 Å². The zero-order chi connectivity index (χ0) is 16.7. The van der Waals surface area contributed by atoms with Gasteiger partial charge in [0, 0.05) is 31.2 Å². The van der Waals surface area contributed by atoms with E-state index in [1.807, 2.05) is 13.8 Å². The van der Waals surface area contributed by atoms with Crippen LogP contribution < -0.4 is 0 Å². The average molecular weight is 327 g/mol. The number of aryl methyl sites for hydroxylation is 2. The number of aromatic nitrogens is 1. The molecule has 2 saturated heterocycles. The Balaban J connectivity index is 1.60. The summed E-state index contributed by atoms with van der Waals surface area (Å²) in [6.07, 6.45) is 0.0436. The molecule has 2 atom stereocenters. The van der Waals surface area contributed by atoms with E-state index in [4.69, 9.17) is 9.26 Å². The van der Waals surface area contributed by atoms with E-state index in [1.54, 1.807) is 0 Å². The first-order valence-corrected chi connectivity index (χ1v) is 8.67. The zero-order valence-corrected chi connectivity index (χ0v) is 14.6. The summed E-state index contributed by atoms with van der Waals surface area (Å²) in [6.45, 7) is 7.82. The molecule has 4 rings (SSSR count). The first-order valence-electron chi connectivity index (χ1n) is 8.67. The van der Waals surface area contributed by atoms with Crippen molar-refractivity contribution in [2.75, 3.05) is 33.3 Å². The normalized spacial score (nSPS) is 26.5. The number of hydrogen-bond acceptors (Lipinski definition) is 5. The molecule has 2 aliphatic rings. The molecule has 5 nitrogen and oxygen atoms in total. The summed E-state index contributed by atoms with van der Waals surface area (Å²) in [6, 6.07) is 11.6. The number of ether oxygens (including phenoxy) is 1. The number of rotatable bonds is 3. The van der Waals surface area contributed by atoms with Crippen molar-refractivity contribution in [3.05, 3.63) is 52.9 Å². The number of morpholine rings is 1. The fourth-order valence-corrected chi connectivity index (χ4v) is 4.04. The van der Waals surface area contributed by atoms with Crippen molar-refractivity contribution in [1.82, 2.24) is 15.0 Å². The first kappa shape index (κ1) is 15.8. The SMILES string of the molecule is Cc1noc(C)c1C1CN(C2CN(C)C2)C(c2ccccc2)CO1. The van der Waals surface area contributed by atoms with Crippen LogP contribution in [0.5, 0.6) is 0 Å². The van der Waals surface area contributed by atoms with Gasteiger partial charge in [-0.1, -0.05) is 35.5 Å². The number of hydrogen-bond donors (Lipinski definition) is 0. The number of likely N-dealkylation sites (N-methyl/N-ethyl adjacent to an activating group) is 1. The van der Waals surface area contributed by atoms with Crippen molar-refractivity contribution in [3.63, 3.8) is 0 Å². The maximum absolute atomic E-state index is 6.27. The third kappa shape index (κ3) is 2.77. The van der Waals surface area contributed by atoms with Crippen molar-refractivity contribution in [2.24, 2.45) is 0 Å². The van der Waals surface area contributed by atoms with E-state index in [9.17, 15) is 0 Å². The van der Waals surface area contributed by atoms with Crippen molar-refractivity contribution in [3.8, 4) is 0 Å². The zero-order valence-electron chi connectivity index (χ0n) is 14.6. The molecule has 1 aromatic heterocycles. The molecule has 0 N–H and O–H groups in total. The third-order valence-corrected chi connectivity index (χ3v) is 5.34. The van der Waals surface area contributed by atoms with Gasteiger partial charge < -0.3 is 14.2 Å². The quantitative estimate of drug-likeness (QED) is 0.867. The molecule has 0 saturated carbocycles. The van der Waals surface area contributed by atoms with E-state index < -0.39 is 0 Å². The van der Waals surface area contributed by atoms with Gasteiger partial charge in [0.2, 0.25) is 0 Å². The Kier molecular flexibility index (Phi) is 4.16. The Hall–Kier alpha value is -1.69. The second-order valence-corrected chi connectivity index (χ2v) is 7.06. The molecule has 0 bridgehead atoms. The monoisotopic (exact) mass is 327 g/mol. The van der Waals surface area contributed by atoms with Crippen LogP contribution in [-0.2, 0) is 4.74 Å². The second kappa shape index (κ2) is 6.31. The van der Waals surface area contributed by atoms with Crippen molar-refractivity contribution in [1.29, 1.82) is 0 Å². The summed E-state index contributed by atoms with van der Waals surface area (Å²) in [5.41, 5.74) is 3.41. The van der Waals surface area contributed by atoms with Crippen LogP contribution in [0.1, 0.15) is 34.7 Å². The molecule has 5 heteroatoms. The Bertz CT molecular complexity index is 674. The lowest BCUT2D eigenvalue weighted by Gasteiger charge is -2.50. The predicted octanol–water partition coefficient (Wildman–Crippen LogP) is 2.72. The lowest BCUT2D eigenvalue weighted by molar-refractivity contribution is -0.106. The van der Waals surface area contributed by atoms with Crippen molar-refractivity contribution < 1.29 is 9.26 Å². The number of likely N-dealkylation sites (tertiary alicyclic amines) is 1. The summed E-state index contributed by atoms with van der Waals surface area (Å²) in [4.78, 5) is 4.99. The molecule has 2 aromatic rings. The van der Waals surface area contributed by atoms with E-state index >= 15 is 0 Å². The Morgan fingerprint density at radius 3 is 2.46 bits per heavy atom. The molecule has 0 spiro atoms. The fraction of sp³-hybridized carbons (Fsp3) is 0.526. The van der Waals surface area contributed by atoms with E-state index in [0.29, 0.717) is 18.7 Å². The molecular formula is C19H25N3O2. The van der Waals surface area contributed by atoms with Gasteiger partial charge in [0.15, 0.2) is 0 Å². The molecule has 2 aliphatic heterocycles. The van der Waals surface area contributed by atoms with Crippen LogP contribution in [0, 0.1) is 13.8 Å². The van der Waals surface area contributed by atoms with E-state index in [1.165, 1.54) is 5.56 Å². The minimum atomic E-state index is 0.0436. The topological polar surface area (TPSA) is 41.7 Å². The average Bonchev–Trinajstić information content (AvgIpc) is 2.91. The maximum atomic E-state index is 6.27. The van der Waals surface area contributed by atoms with E-state index in [2.05, 4.69) is 52.3 Å². The van der Waals surface area contributed by atoms with Gasteiger partial charge in [0.25, 0.3) is 0 Å². The number of nitrogens with zero attached hydrogens (tertiary/aromatic N) is 3. The molecular weight excluding hydrogens is 302 g/mol. The van der Waals surface area contributed by atoms with E-state index in [0.717, 1.165) is 36.7 Å². The molecule has 0 aliphatic carbocycles. The second-order valence-electron chi connectivity index (χ2n) is 7.06. The summed E-state index contributed by atoms with van der Waals surface area (Å²) in [5.74, 6) is 0.876. The highest BCUT2D eigenvalue weighted by molar-refractivity contribution is 5.26. The Labute approximate surface area is 143 Å². The smallest absolute Gasteiger partial charge is 0.139 e. The summed E-state index contributed by atoms with van der Waals surface area (Å²) in [5, 5.41) is 4.10. The van der Waals surface area contributed by atoms with Crippen LogP contribution in [0.3, 0.4) is 0 Å². The van der Waals surface area contributed by atoms with Gasteiger partial charge in [0.1, 0.15) is 11.9 Å². The lowest BCUT2D eigenvalue weighted by atomic mass is 9.96. The van der Waals surface area contributed by atoms with Gasteiger partial charge in [0.05, 0.1) is 18.3 Å². The van der Waals surface area contributed by atoms with Gasteiger partial charge in [-0.15, -0.1) is 0 Å². The van der Waals surface area contributed by atoms with Gasteiger partial charge in [-0.2, -0.15) is 0 Å². The highest BCUT2D eigenvalue weighted by Gasteiger charge is 2.40. The van der Waals surface area contributed by atoms with Crippen LogP contribution in [-0.4, -0.2) is 54.3 Å². The molecule has 1 aromatic carbocycles. The van der Waals surface area contributed by atoms with Gasteiger partial charge in [-0.3, -0.25) is 4.90 Å². The van der Waals surface area contributed by atoms with Gasteiger partial charge in [-0.25, -0.2) is 0 Å². The highest BCUT2D eigenvalue weighted by atomic mass is 16.5. The molecule has 2 unspecified atom stereocenters. The largest absolute Gasteiger partial charge is 0.370 e. The summed E-state index contributed by atoms with van der Waals surface area (Å²) in [7, 11) is 2.18. The van der Waals surface area contributed by atoms with E-state index in [-0.39, 0.29) is 6.10 Å². The minimum absolute atomic E-state index is 0.0436. The highest BCUT2D eigenvalue weighted by Crippen LogP contribution is 2.37. The van der Waals surface area contributed by atoms with Crippen LogP contribution in [0.15, 0.2) is 34.9 Å². The molecule has 24 heavy (non-hydrogen) atoms. The van der Waals surface area contributed by atoms with Crippen LogP contribution in [0.4, 0.5) is 0 Å². The third-order valence-electron chi connectivity index (χ3n) is 5.34. The van der Waals surface area contributed by atoms with Crippen LogP contribution in [0.2, 0.25) is 0 Å². The van der Waals surface area contributed by atoms with Crippen LogP contribution >= 0.6 is 0 Å². The Morgan fingerprint density at radius 2 is 1.83 bits per heavy atom. The Morgan fingerprint density at radius 1 is 1.08 bits per heavy atom. The molecule has 2 fully saturated rings. The molecule has 0 radical (unpaired) electrons. The first-order chi connectivity index (χ1) is 11.6.